The van der Waals surface area contributed by atoms with Crippen molar-refractivity contribution in [1.82, 2.24) is 5.43 Å². The molecule has 0 saturated heterocycles. The lowest BCUT2D eigenvalue weighted by Crippen LogP contribution is -2.28. The van der Waals surface area contributed by atoms with Crippen molar-refractivity contribution < 1.29 is 4.42 Å². The van der Waals surface area contributed by atoms with Crippen LogP contribution in [0.2, 0.25) is 0 Å². The molecular weight excluding hydrogens is 176 g/mol. The smallest absolute Gasteiger partial charge is 0.108 e. The van der Waals surface area contributed by atoms with Gasteiger partial charge in [-0.15, -0.1) is 12.3 Å². The first-order chi connectivity index (χ1) is 6.83. The van der Waals surface area contributed by atoms with E-state index >= 15 is 0 Å². The maximum Gasteiger partial charge on any atom is 0.108 e. The summed E-state index contributed by atoms with van der Waals surface area (Å²) in [6, 6.07) is 2.04. The molecule has 1 aromatic heterocycles. The molecule has 1 unspecified atom stereocenters. The second kappa shape index (κ2) is 5.48. The molecule has 0 aliphatic rings. The predicted octanol–water partition coefficient (Wildman–Crippen LogP) is 1.76. The molecular formula is C11H16N2O. The molecule has 0 amide bonds. The van der Waals surface area contributed by atoms with E-state index < -0.39 is 0 Å². The van der Waals surface area contributed by atoms with Crippen LogP contribution in [0.15, 0.2) is 16.7 Å². The van der Waals surface area contributed by atoms with Crippen molar-refractivity contribution in [3.05, 3.63) is 23.7 Å². The molecule has 0 aromatic carbocycles. The Hall–Kier alpha value is -1.24. The van der Waals surface area contributed by atoms with Crippen molar-refractivity contribution in [3.63, 3.8) is 0 Å². The third-order valence-electron chi connectivity index (χ3n) is 2.25. The molecule has 14 heavy (non-hydrogen) atoms. The summed E-state index contributed by atoms with van der Waals surface area (Å²) in [5.41, 5.74) is 3.87. The molecule has 0 aliphatic heterocycles. The van der Waals surface area contributed by atoms with Crippen LogP contribution in [0.4, 0.5) is 0 Å². The second-order valence-corrected chi connectivity index (χ2v) is 3.11. The van der Waals surface area contributed by atoms with Crippen molar-refractivity contribution in [2.24, 2.45) is 5.84 Å². The lowest BCUT2D eigenvalue weighted by molar-refractivity contribution is 0.478. The van der Waals surface area contributed by atoms with E-state index in [1.807, 2.05) is 6.07 Å². The third kappa shape index (κ3) is 2.38. The topological polar surface area (TPSA) is 51.2 Å². The van der Waals surface area contributed by atoms with E-state index in [1.165, 1.54) is 0 Å². The molecule has 3 heteroatoms. The number of nitrogens with one attached hydrogen (secondary N) is 1. The molecule has 0 aliphatic carbocycles. The highest BCUT2D eigenvalue weighted by Gasteiger charge is 2.14. The Kier molecular flexibility index (Phi) is 4.24. The molecule has 0 saturated carbocycles. The van der Waals surface area contributed by atoms with Gasteiger partial charge in [-0.3, -0.25) is 11.3 Å². The summed E-state index contributed by atoms with van der Waals surface area (Å²) >= 11 is 0. The summed E-state index contributed by atoms with van der Waals surface area (Å²) in [5.74, 6) is 9.05. The Morgan fingerprint density at radius 2 is 2.50 bits per heavy atom. The van der Waals surface area contributed by atoms with Gasteiger partial charge in [-0.2, -0.15) is 0 Å². The van der Waals surface area contributed by atoms with E-state index in [0.29, 0.717) is 6.42 Å². The summed E-state index contributed by atoms with van der Waals surface area (Å²) in [4.78, 5) is 0. The van der Waals surface area contributed by atoms with Gasteiger partial charge in [0.25, 0.3) is 0 Å². The van der Waals surface area contributed by atoms with Gasteiger partial charge < -0.3 is 4.42 Å². The summed E-state index contributed by atoms with van der Waals surface area (Å²) in [5, 5.41) is 0. The van der Waals surface area contributed by atoms with E-state index in [2.05, 4.69) is 18.3 Å². The van der Waals surface area contributed by atoms with Crippen LogP contribution in [0.5, 0.6) is 0 Å². The highest BCUT2D eigenvalue weighted by molar-refractivity contribution is 5.21. The number of rotatable bonds is 5. The quantitative estimate of drug-likeness (QED) is 0.424. The van der Waals surface area contributed by atoms with E-state index in [-0.39, 0.29) is 6.04 Å². The van der Waals surface area contributed by atoms with E-state index in [9.17, 15) is 0 Å². The zero-order chi connectivity index (χ0) is 10.4. The summed E-state index contributed by atoms with van der Waals surface area (Å²) in [6.45, 7) is 2.05. The van der Waals surface area contributed by atoms with Crippen LogP contribution in [0.1, 0.15) is 37.1 Å². The maximum absolute atomic E-state index is 5.47. The van der Waals surface area contributed by atoms with Crippen molar-refractivity contribution in [3.8, 4) is 12.3 Å². The number of hydrogen-bond acceptors (Lipinski definition) is 3. The van der Waals surface area contributed by atoms with Crippen LogP contribution in [-0.4, -0.2) is 0 Å². The first kappa shape index (κ1) is 10.8. The summed E-state index contributed by atoms with van der Waals surface area (Å²) in [6.07, 6.45) is 9.32. The van der Waals surface area contributed by atoms with Gasteiger partial charge in [0, 0.05) is 18.4 Å². The number of hydrazine groups is 1. The summed E-state index contributed by atoms with van der Waals surface area (Å²) in [7, 11) is 0. The van der Waals surface area contributed by atoms with Crippen LogP contribution >= 0.6 is 0 Å². The van der Waals surface area contributed by atoms with Crippen LogP contribution in [0.3, 0.4) is 0 Å². The molecule has 1 rings (SSSR count). The molecule has 76 valence electrons. The monoisotopic (exact) mass is 192 g/mol. The van der Waals surface area contributed by atoms with Gasteiger partial charge in [0.15, 0.2) is 0 Å². The Balaban J connectivity index is 2.73. The van der Waals surface area contributed by atoms with E-state index in [0.717, 1.165) is 24.2 Å². The van der Waals surface area contributed by atoms with Gasteiger partial charge in [-0.25, -0.2) is 0 Å². The third-order valence-corrected chi connectivity index (χ3v) is 2.25. The Bertz CT molecular complexity index is 311. The predicted molar refractivity (Wildman–Crippen MR) is 56.2 cm³/mol. The molecule has 3 nitrogen and oxygen atoms in total. The number of terminal acetylenes is 1. The Labute approximate surface area is 84.6 Å². The zero-order valence-electron chi connectivity index (χ0n) is 8.42. The van der Waals surface area contributed by atoms with Gasteiger partial charge in [-0.1, -0.05) is 6.92 Å². The van der Waals surface area contributed by atoms with Crippen molar-refractivity contribution >= 4 is 0 Å². The van der Waals surface area contributed by atoms with Crippen molar-refractivity contribution in [2.45, 2.75) is 32.2 Å². The number of furan rings is 1. The fourth-order valence-electron chi connectivity index (χ4n) is 1.50. The fraction of sp³-hybridized carbons (Fsp3) is 0.455. The molecule has 1 atom stereocenters. The SMILES string of the molecule is C#CCCC(NN)c1ccoc1CC. The molecule has 3 N–H and O–H groups in total. The first-order valence-corrected chi connectivity index (χ1v) is 4.79. The van der Waals surface area contributed by atoms with Gasteiger partial charge >= 0.3 is 0 Å². The lowest BCUT2D eigenvalue weighted by atomic mass is 10.0. The Morgan fingerprint density at radius 3 is 3.07 bits per heavy atom. The maximum atomic E-state index is 5.47. The van der Waals surface area contributed by atoms with Crippen LogP contribution in [0, 0.1) is 12.3 Å². The highest BCUT2D eigenvalue weighted by atomic mass is 16.3. The van der Waals surface area contributed by atoms with Gasteiger partial charge in [-0.05, 0) is 12.5 Å². The van der Waals surface area contributed by atoms with Gasteiger partial charge in [0.1, 0.15) is 5.76 Å². The minimum Gasteiger partial charge on any atom is -0.469 e. The van der Waals surface area contributed by atoms with Crippen LogP contribution < -0.4 is 11.3 Å². The van der Waals surface area contributed by atoms with Gasteiger partial charge in [0.05, 0.1) is 12.3 Å². The highest BCUT2D eigenvalue weighted by Crippen LogP contribution is 2.22. The van der Waals surface area contributed by atoms with E-state index in [1.54, 1.807) is 6.26 Å². The molecule has 0 bridgehead atoms. The molecule has 0 spiro atoms. The summed E-state index contributed by atoms with van der Waals surface area (Å²) < 4.78 is 5.33. The largest absolute Gasteiger partial charge is 0.469 e. The van der Waals surface area contributed by atoms with Crippen LogP contribution in [0.25, 0.3) is 0 Å². The fourth-order valence-corrected chi connectivity index (χ4v) is 1.50. The van der Waals surface area contributed by atoms with Crippen molar-refractivity contribution in [1.29, 1.82) is 0 Å². The second-order valence-electron chi connectivity index (χ2n) is 3.11. The van der Waals surface area contributed by atoms with E-state index in [4.69, 9.17) is 16.7 Å². The minimum absolute atomic E-state index is 0.0970. The normalized spacial score (nSPS) is 12.4. The molecule has 1 heterocycles. The molecule has 0 radical (unpaired) electrons. The minimum atomic E-state index is 0.0970. The van der Waals surface area contributed by atoms with Crippen molar-refractivity contribution in [2.75, 3.05) is 0 Å². The number of aryl methyl sites for hydroxylation is 1. The molecule has 1 aromatic rings. The molecule has 0 fully saturated rings. The average Bonchev–Trinajstić information content (AvgIpc) is 2.67. The van der Waals surface area contributed by atoms with Crippen LogP contribution in [-0.2, 0) is 6.42 Å². The Morgan fingerprint density at radius 1 is 1.71 bits per heavy atom. The first-order valence-electron chi connectivity index (χ1n) is 4.79. The average molecular weight is 192 g/mol. The number of nitrogens with two attached hydrogens (primary N) is 1. The van der Waals surface area contributed by atoms with Gasteiger partial charge in [0.2, 0.25) is 0 Å². The lowest BCUT2D eigenvalue weighted by Gasteiger charge is -2.13. The number of hydrogen-bond donors (Lipinski definition) is 2. The zero-order valence-corrected chi connectivity index (χ0v) is 8.42. The standard InChI is InChI=1S/C11H16N2O/c1-3-5-6-10(13-12)9-7-8-14-11(9)4-2/h1,7-8,10,13H,4-6,12H2,2H3.